The second-order valence-electron chi connectivity index (χ2n) is 7.88. The molecule has 1 amide bonds. The van der Waals surface area contributed by atoms with Gasteiger partial charge in [-0.2, -0.15) is 0 Å². The second kappa shape index (κ2) is 10.2. The van der Waals surface area contributed by atoms with Gasteiger partial charge in [0.15, 0.2) is 5.16 Å². The molecule has 0 saturated heterocycles. The van der Waals surface area contributed by atoms with Gasteiger partial charge in [-0.25, -0.2) is 13.8 Å². The quantitative estimate of drug-likeness (QED) is 0.264. The average Bonchev–Trinajstić information content (AvgIpc) is 2.83. The number of anilines is 1. The van der Waals surface area contributed by atoms with Gasteiger partial charge in [0.2, 0.25) is 5.91 Å². The number of nitrogens with zero attached hydrogens (tertiary/aromatic N) is 2. The summed E-state index contributed by atoms with van der Waals surface area (Å²) in [5.41, 5.74) is 1.57. The van der Waals surface area contributed by atoms with Crippen LogP contribution in [0.5, 0.6) is 0 Å². The molecule has 0 spiro atoms. The number of nitrogens with one attached hydrogen (secondary N) is 1. The molecule has 34 heavy (non-hydrogen) atoms. The first-order valence-corrected chi connectivity index (χ1v) is 11.9. The van der Waals surface area contributed by atoms with E-state index in [0.717, 1.165) is 40.1 Å². The predicted octanol–water partition coefficient (Wildman–Crippen LogP) is 5.91. The maximum atomic E-state index is 14.6. The van der Waals surface area contributed by atoms with Crippen LogP contribution in [0.1, 0.15) is 31.7 Å². The first kappa shape index (κ1) is 23.6. The predicted molar refractivity (Wildman–Crippen MR) is 132 cm³/mol. The fourth-order valence-corrected chi connectivity index (χ4v) is 4.47. The number of carbonyl (C=O) groups is 1. The summed E-state index contributed by atoms with van der Waals surface area (Å²) in [5, 5.41) is 3.36. The number of amides is 1. The number of hydrogen-bond donors (Lipinski definition) is 1. The molecule has 1 N–H and O–H groups in total. The number of benzene rings is 3. The van der Waals surface area contributed by atoms with E-state index in [4.69, 9.17) is 0 Å². The molecular formula is C26H23F2N3O2S. The lowest BCUT2D eigenvalue weighted by Crippen LogP contribution is -2.24. The van der Waals surface area contributed by atoms with E-state index in [-0.39, 0.29) is 28.4 Å². The topological polar surface area (TPSA) is 64.0 Å². The number of aromatic nitrogens is 2. The number of carbonyl (C=O) groups excluding carboxylic acids is 1. The summed E-state index contributed by atoms with van der Waals surface area (Å²) in [6, 6.07) is 17.3. The highest BCUT2D eigenvalue weighted by molar-refractivity contribution is 7.99. The highest BCUT2D eigenvalue weighted by Gasteiger charge is 2.18. The van der Waals surface area contributed by atoms with Crippen molar-refractivity contribution in [3.05, 3.63) is 94.3 Å². The van der Waals surface area contributed by atoms with Crippen molar-refractivity contribution in [2.24, 2.45) is 0 Å². The van der Waals surface area contributed by atoms with E-state index in [0.29, 0.717) is 17.0 Å². The number of para-hydroxylation sites is 2. The van der Waals surface area contributed by atoms with Crippen molar-refractivity contribution in [1.82, 2.24) is 9.55 Å². The molecule has 0 aliphatic heterocycles. The Morgan fingerprint density at radius 1 is 1.09 bits per heavy atom. The number of halogens is 2. The first-order chi connectivity index (χ1) is 16.4. The monoisotopic (exact) mass is 479 g/mol. The van der Waals surface area contributed by atoms with Gasteiger partial charge in [0.1, 0.15) is 11.6 Å². The molecule has 4 rings (SSSR count). The molecule has 3 aromatic carbocycles. The van der Waals surface area contributed by atoms with Crippen LogP contribution in [0.4, 0.5) is 14.5 Å². The van der Waals surface area contributed by atoms with Gasteiger partial charge in [-0.1, -0.05) is 55.9 Å². The fourth-order valence-electron chi connectivity index (χ4n) is 3.66. The summed E-state index contributed by atoms with van der Waals surface area (Å²) >= 11 is 1.01. The Balaban J connectivity index is 1.67. The molecule has 1 heterocycles. The van der Waals surface area contributed by atoms with Gasteiger partial charge in [0.25, 0.3) is 5.56 Å². The number of thioether (sulfide) groups is 1. The van der Waals surface area contributed by atoms with Crippen molar-refractivity contribution < 1.29 is 13.6 Å². The maximum Gasteiger partial charge on any atom is 0.266 e. The molecular weight excluding hydrogens is 456 g/mol. The van der Waals surface area contributed by atoms with Crippen LogP contribution >= 0.6 is 11.8 Å². The third-order valence-corrected chi connectivity index (χ3v) is 6.54. The average molecular weight is 480 g/mol. The van der Waals surface area contributed by atoms with Gasteiger partial charge in [0, 0.05) is 11.8 Å². The molecule has 8 heteroatoms. The largest absolute Gasteiger partial charge is 0.325 e. The number of fused-ring (bicyclic) bond motifs is 1. The second-order valence-corrected chi connectivity index (χ2v) is 8.82. The molecule has 1 atom stereocenters. The minimum Gasteiger partial charge on any atom is -0.325 e. The Hall–Kier alpha value is -3.52. The van der Waals surface area contributed by atoms with Crippen LogP contribution in [0.3, 0.4) is 0 Å². The van der Waals surface area contributed by atoms with Gasteiger partial charge in [-0.15, -0.1) is 0 Å². The molecule has 0 saturated carbocycles. The maximum absolute atomic E-state index is 14.6. The Bertz CT molecular complexity index is 1420. The Morgan fingerprint density at radius 3 is 2.59 bits per heavy atom. The summed E-state index contributed by atoms with van der Waals surface area (Å²) in [4.78, 5) is 30.5. The molecule has 0 aliphatic rings. The highest BCUT2D eigenvalue weighted by atomic mass is 32.2. The minimum atomic E-state index is -0.895. The summed E-state index contributed by atoms with van der Waals surface area (Å²) in [5.74, 6) is -1.71. The van der Waals surface area contributed by atoms with E-state index in [1.807, 2.05) is 24.3 Å². The van der Waals surface area contributed by atoms with Crippen molar-refractivity contribution in [2.75, 3.05) is 11.1 Å². The molecule has 0 radical (unpaired) electrons. The smallest absolute Gasteiger partial charge is 0.266 e. The molecule has 1 aromatic heterocycles. The van der Waals surface area contributed by atoms with Crippen molar-refractivity contribution in [1.29, 1.82) is 0 Å². The van der Waals surface area contributed by atoms with E-state index >= 15 is 0 Å². The standard InChI is InChI=1S/C26H23F2N3O2S/c1-3-16(2)18-8-4-6-10-21(18)29-24(32)15-34-26-30-22-11-7-5-9-19(22)25(33)31(26)23-13-12-17(27)14-20(23)28/h4-14,16H,3,15H2,1-2H3,(H,29,32). The molecule has 0 fully saturated rings. The Kier molecular flexibility index (Phi) is 7.07. The van der Waals surface area contributed by atoms with E-state index in [2.05, 4.69) is 24.1 Å². The number of hydrogen-bond acceptors (Lipinski definition) is 4. The van der Waals surface area contributed by atoms with Gasteiger partial charge >= 0.3 is 0 Å². The fraction of sp³-hybridized carbons (Fsp3) is 0.192. The Morgan fingerprint density at radius 2 is 1.82 bits per heavy atom. The van der Waals surface area contributed by atoms with Crippen LogP contribution < -0.4 is 10.9 Å². The van der Waals surface area contributed by atoms with Crippen LogP contribution in [-0.4, -0.2) is 21.2 Å². The number of rotatable bonds is 7. The minimum absolute atomic E-state index is 0.0531. The van der Waals surface area contributed by atoms with Gasteiger partial charge in [0.05, 0.1) is 22.3 Å². The van der Waals surface area contributed by atoms with Crippen molar-refractivity contribution in [3.8, 4) is 5.69 Å². The van der Waals surface area contributed by atoms with Gasteiger partial charge < -0.3 is 5.32 Å². The lowest BCUT2D eigenvalue weighted by atomic mass is 9.97. The lowest BCUT2D eigenvalue weighted by molar-refractivity contribution is -0.113. The third-order valence-electron chi connectivity index (χ3n) is 5.61. The normalized spacial score (nSPS) is 12.0. The summed E-state index contributed by atoms with van der Waals surface area (Å²) in [6.07, 6.45) is 0.929. The zero-order valence-electron chi connectivity index (χ0n) is 18.7. The Labute approximate surface area is 199 Å². The third kappa shape index (κ3) is 4.87. The highest BCUT2D eigenvalue weighted by Crippen LogP contribution is 2.27. The van der Waals surface area contributed by atoms with Crippen molar-refractivity contribution in [3.63, 3.8) is 0 Å². The molecule has 5 nitrogen and oxygen atoms in total. The van der Waals surface area contributed by atoms with E-state index in [9.17, 15) is 18.4 Å². The summed E-state index contributed by atoms with van der Waals surface area (Å²) in [6.45, 7) is 4.17. The zero-order chi connectivity index (χ0) is 24.2. The van der Waals surface area contributed by atoms with E-state index in [1.54, 1.807) is 24.3 Å². The lowest BCUT2D eigenvalue weighted by Gasteiger charge is -2.16. The van der Waals surface area contributed by atoms with Crippen LogP contribution in [0.25, 0.3) is 16.6 Å². The molecule has 174 valence electrons. The zero-order valence-corrected chi connectivity index (χ0v) is 19.5. The SMILES string of the molecule is CCC(C)c1ccccc1NC(=O)CSc1nc2ccccc2c(=O)n1-c1ccc(F)cc1F. The summed E-state index contributed by atoms with van der Waals surface area (Å²) in [7, 11) is 0. The van der Waals surface area contributed by atoms with Crippen molar-refractivity contribution in [2.45, 2.75) is 31.3 Å². The first-order valence-electron chi connectivity index (χ1n) is 10.9. The van der Waals surface area contributed by atoms with Crippen LogP contribution in [0.2, 0.25) is 0 Å². The van der Waals surface area contributed by atoms with E-state index in [1.165, 1.54) is 6.07 Å². The van der Waals surface area contributed by atoms with Crippen LogP contribution in [-0.2, 0) is 4.79 Å². The van der Waals surface area contributed by atoms with Crippen molar-refractivity contribution >= 4 is 34.3 Å². The summed E-state index contributed by atoms with van der Waals surface area (Å²) < 4.78 is 29.2. The molecule has 1 unspecified atom stereocenters. The molecule has 0 bridgehead atoms. The van der Waals surface area contributed by atoms with Gasteiger partial charge in [-0.05, 0) is 48.2 Å². The van der Waals surface area contributed by atoms with E-state index < -0.39 is 17.2 Å². The molecule has 4 aromatic rings. The van der Waals surface area contributed by atoms with Crippen LogP contribution in [0, 0.1) is 11.6 Å². The molecule has 0 aliphatic carbocycles. The van der Waals surface area contributed by atoms with Crippen LogP contribution in [0.15, 0.2) is 76.7 Å². The van der Waals surface area contributed by atoms with Gasteiger partial charge in [-0.3, -0.25) is 14.2 Å².